The lowest BCUT2D eigenvalue weighted by molar-refractivity contribution is 0.176. The van der Waals surface area contributed by atoms with Gasteiger partial charge in [-0.1, -0.05) is 36.2 Å². The van der Waals surface area contributed by atoms with Crippen LogP contribution in [0.4, 0.5) is 11.8 Å². The number of nitrogen functional groups attached to an aromatic ring is 1. The minimum absolute atomic E-state index is 0.141. The predicted molar refractivity (Wildman–Crippen MR) is 148 cm³/mol. The van der Waals surface area contributed by atoms with Crippen LogP contribution in [0.5, 0.6) is 0 Å². The molecule has 1 saturated carbocycles. The Morgan fingerprint density at radius 1 is 1.22 bits per heavy atom. The molecule has 2 unspecified atom stereocenters. The molecule has 2 atom stereocenters. The topological polar surface area (TPSA) is 101 Å². The van der Waals surface area contributed by atoms with Crippen molar-refractivity contribution in [3.8, 4) is 0 Å². The maximum Gasteiger partial charge on any atom is 0.211 e. The summed E-state index contributed by atoms with van der Waals surface area (Å²) in [6, 6.07) is 2.00. The highest BCUT2D eigenvalue weighted by Crippen LogP contribution is 2.47. The molecule has 5 rings (SSSR count). The zero-order chi connectivity index (χ0) is 25.7. The number of hydrogen-bond acceptors (Lipinski definition) is 7. The Labute approximate surface area is 224 Å². The average Bonchev–Trinajstić information content (AvgIpc) is 3.50. The van der Waals surface area contributed by atoms with E-state index in [2.05, 4.69) is 24.0 Å². The number of nitrogens with zero attached hydrogens (tertiary/aromatic N) is 5. The van der Waals surface area contributed by atoms with Crippen LogP contribution in [0.2, 0.25) is 5.02 Å². The highest BCUT2D eigenvalue weighted by atomic mass is 35.5. The molecule has 1 spiro atoms. The normalized spacial score (nSPS) is 20.9. The van der Waals surface area contributed by atoms with Gasteiger partial charge in [0.1, 0.15) is 5.82 Å². The van der Waals surface area contributed by atoms with Crippen molar-refractivity contribution in [2.24, 2.45) is 5.41 Å². The van der Waals surface area contributed by atoms with Crippen LogP contribution in [-0.2, 0) is 11.0 Å². The van der Waals surface area contributed by atoms with Crippen LogP contribution in [0.1, 0.15) is 58.6 Å². The van der Waals surface area contributed by atoms with Gasteiger partial charge in [0.25, 0.3) is 0 Å². The van der Waals surface area contributed by atoms with Crippen LogP contribution in [0.15, 0.2) is 34.4 Å². The van der Waals surface area contributed by atoms with Crippen molar-refractivity contribution in [3.05, 3.63) is 35.4 Å². The number of anilines is 2. The van der Waals surface area contributed by atoms with Crippen molar-refractivity contribution < 1.29 is 4.21 Å². The van der Waals surface area contributed by atoms with Crippen LogP contribution in [0.25, 0.3) is 5.65 Å². The molecule has 1 aliphatic heterocycles. The monoisotopic (exact) mass is 547 g/mol. The molecule has 2 aliphatic rings. The van der Waals surface area contributed by atoms with E-state index < -0.39 is 11.0 Å². The molecule has 11 heteroatoms. The van der Waals surface area contributed by atoms with Crippen LogP contribution in [-0.4, -0.2) is 47.4 Å². The second kappa shape index (κ2) is 9.78. The fourth-order valence-electron chi connectivity index (χ4n) is 5.39. The number of rotatable bonds is 5. The Bertz CT molecular complexity index is 1300. The van der Waals surface area contributed by atoms with Gasteiger partial charge in [-0.15, -0.1) is 0 Å². The number of aromatic nitrogens is 4. The number of halogens is 1. The van der Waals surface area contributed by atoms with Crippen LogP contribution in [0, 0.1) is 12.3 Å². The fraction of sp³-hybridized carbons (Fsp3) is 0.560. The smallest absolute Gasteiger partial charge is 0.211 e. The maximum atomic E-state index is 13.1. The summed E-state index contributed by atoms with van der Waals surface area (Å²) in [6.07, 6.45) is 11.4. The molecule has 0 bridgehead atoms. The quantitative estimate of drug-likeness (QED) is 0.463. The molecular weight excluding hydrogens is 514 g/mol. The molecule has 3 N–H and O–H groups in total. The summed E-state index contributed by atoms with van der Waals surface area (Å²) in [4.78, 5) is 17.9. The molecule has 4 heterocycles. The standard InChI is InChI=1S/C25H34ClN7OS2/c1-16-20(35-17-7-11-28-21(27)19(17)26)22-29-12-14-33(22)23(30-16)32-13-10-25(8-5-6-9-25)18(15-32)31-36(34)24(2,3)4/h7,11-12,14,18,31H,5-6,8-10,13,15H2,1-4H3,(H2,27,28). The predicted octanol–water partition coefficient (Wildman–Crippen LogP) is 5.01. The number of nitrogens with two attached hydrogens (primary N) is 1. The zero-order valence-corrected chi connectivity index (χ0v) is 23.6. The Hall–Kier alpha value is -1.88. The highest BCUT2D eigenvalue weighted by Gasteiger charge is 2.46. The molecule has 1 saturated heterocycles. The summed E-state index contributed by atoms with van der Waals surface area (Å²) < 4.78 is 18.4. The van der Waals surface area contributed by atoms with Crippen molar-refractivity contribution in [1.29, 1.82) is 0 Å². The summed E-state index contributed by atoms with van der Waals surface area (Å²) in [7, 11) is -1.13. The molecule has 0 aromatic carbocycles. The van der Waals surface area contributed by atoms with E-state index in [1.54, 1.807) is 12.4 Å². The van der Waals surface area contributed by atoms with E-state index in [0.717, 1.165) is 46.6 Å². The Balaban J connectivity index is 1.48. The summed E-state index contributed by atoms with van der Waals surface area (Å²) in [5.41, 5.74) is 7.84. The number of pyridine rings is 1. The first kappa shape index (κ1) is 25.8. The number of nitrogens with one attached hydrogen (secondary N) is 1. The van der Waals surface area contributed by atoms with E-state index in [0.29, 0.717) is 10.8 Å². The van der Waals surface area contributed by atoms with E-state index >= 15 is 0 Å². The van der Waals surface area contributed by atoms with E-state index in [1.807, 2.05) is 40.0 Å². The summed E-state index contributed by atoms with van der Waals surface area (Å²) >= 11 is 7.93. The van der Waals surface area contributed by atoms with Gasteiger partial charge in [0, 0.05) is 42.6 Å². The van der Waals surface area contributed by atoms with Gasteiger partial charge in [-0.05, 0) is 58.4 Å². The van der Waals surface area contributed by atoms with Gasteiger partial charge >= 0.3 is 0 Å². The molecule has 3 aromatic heterocycles. The lowest BCUT2D eigenvalue weighted by Crippen LogP contribution is -2.58. The van der Waals surface area contributed by atoms with E-state index in [4.69, 9.17) is 22.3 Å². The SMILES string of the molecule is Cc1nc(N2CCC3(CCCC3)C(NS(=O)C(C)(C)C)C2)n2ccnc2c1Sc1ccnc(N)c1Cl. The van der Waals surface area contributed by atoms with Gasteiger partial charge in [0.15, 0.2) is 5.65 Å². The minimum Gasteiger partial charge on any atom is -0.382 e. The second-order valence-corrected chi connectivity index (χ2v) is 14.3. The highest BCUT2D eigenvalue weighted by molar-refractivity contribution is 7.99. The van der Waals surface area contributed by atoms with Gasteiger partial charge in [-0.3, -0.25) is 4.40 Å². The van der Waals surface area contributed by atoms with Gasteiger partial charge in [0.2, 0.25) is 5.95 Å². The first-order valence-corrected chi connectivity index (χ1v) is 14.8. The van der Waals surface area contributed by atoms with Crippen LogP contribution in [0.3, 0.4) is 0 Å². The Kier molecular flexibility index (Phi) is 6.99. The first-order chi connectivity index (χ1) is 17.1. The van der Waals surface area contributed by atoms with Crippen molar-refractivity contribution >= 4 is 51.8 Å². The fourth-order valence-corrected chi connectivity index (χ4v) is 7.53. The third-order valence-corrected chi connectivity index (χ3v) is 10.8. The molecule has 36 heavy (non-hydrogen) atoms. The first-order valence-electron chi connectivity index (χ1n) is 12.4. The van der Waals surface area contributed by atoms with E-state index in [-0.39, 0.29) is 16.2 Å². The molecule has 194 valence electrons. The Morgan fingerprint density at radius 2 is 1.97 bits per heavy atom. The maximum absolute atomic E-state index is 13.1. The van der Waals surface area contributed by atoms with Crippen molar-refractivity contribution in [3.63, 3.8) is 0 Å². The summed E-state index contributed by atoms with van der Waals surface area (Å²) in [6.45, 7) is 9.76. The molecule has 3 aromatic rings. The molecule has 0 amide bonds. The molecular formula is C25H34ClN7OS2. The number of imidazole rings is 1. The largest absolute Gasteiger partial charge is 0.382 e. The van der Waals surface area contributed by atoms with Crippen molar-refractivity contribution in [2.75, 3.05) is 23.7 Å². The number of aryl methyl sites for hydroxylation is 1. The van der Waals surface area contributed by atoms with Crippen molar-refractivity contribution in [2.45, 2.75) is 80.4 Å². The Morgan fingerprint density at radius 3 is 2.69 bits per heavy atom. The summed E-state index contributed by atoms with van der Waals surface area (Å²) in [5.74, 6) is 1.18. The third kappa shape index (κ3) is 4.73. The number of hydrogen-bond donors (Lipinski definition) is 2. The number of piperidine rings is 1. The zero-order valence-electron chi connectivity index (χ0n) is 21.3. The van der Waals surface area contributed by atoms with E-state index in [1.165, 1.54) is 37.4 Å². The number of fused-ring (bicyclic) bond motifs is 1. The van der Waals surface area contributed by atoms with Gasteiger partial charge in [0.05, 0.1) is 31.3 Å². The van der Waals surface area contributed by atoms with Crippen LogP contribution >= 0.6 is 23.4 Å². The molecule has 1 aliphatic carbocycles. The second-order valence-electron chi connectivity index (χ2n) is 10.9. The van der Waals surface area contributed by atoms with Crippen molar-refractivity contribution in [1.82, 2.24) is 24.1 Å². The lowest BCUT2D eigenvalue weighted by atomic mass is 9.73. The summed E-state index contributed by atoms with van der Waals surface area (Å²) in [5, 5.41) is 0.439. The minimum atomic E-state index is -1.13. The average molecular weight is 548 g/mol. The molecule has 0 radical (unpaired) electrons. The molecule has 2 fully saturated rings. The van der Waals surface area contributed by atoms with Gasteiger partial charge in [-0.2, -0.15) is 0 Å². The lowest BCUT2D eigenvalue weighted by Gasteiger charge is -2.47. The van der Waals surface area contributed by atoms with Crippen LogP contribution < -0.4 is 15.4 Å². The van der Waals surface area contributed by atoms with E-state index in [9.17, 15) is 4.21 Å². The van der Waals surface area contributed by atoms with Gasteiger partial charge in [-0.25, -0.2) is 23.9 Å². The van der Waals surface area contributed by atoms with Gasteiger partial charge < -0.3 is 10.6 Å². The molecule has 8 nitrogen and oxygen atoms in total. The third-order valence-electron chi connectivity index (χ3n) is 7.46.